The van der Waals surface area contributed by atoms with Gasteiger partial charge in [0, 0.05) is 12.1 Å². The van der Waals surface area contributed by atoms with Crippen LogP contribution in [-0.4, -0.2) is 7.11 Å². The number of methoxy groups -OCH3 is 1. The number of nitrogens with zero attached hydrogens (tertiary/aromatic N) is 1. The average molecular weight is 287 g/mol. The van der Waals surface area contributed by atoms with Crippen LogP contribution in [-0.2, 0) is 6.54 Å². The lowest BCUT2D eigenvalue weighted by Crippen LogP contribution is -2.03. The zero-order valence-corrected chi connectivity index (χ0v) is 12.2. The lowest BCUT2D eigenvalue weighted by atomic mass is 10.1. The Hall–Kier alpha value is -2.18. The fourth-order valence-corrected chi connectivity index (χ4v) is 2.15. The molecule has 0 aliphatic rings. The van der Waals surface area contributed by atoms with Crippen molar-refractivity contribution < 1.29 is 4.74 Å². The molecular formula is C16H15ClN2O. The van der Waals surface area contributed by atoms with Crippen LogP contribution in [0.25, 0.3) is 0 Å². The number of hydrogen-bond acceptors (Lipinski definition) is 3. The molecule has 0 saturated carbocycles. The highest BCUT2D eigenvalue weighted by molar-refractivity contribution is 6.33. The Morgan fingerprint density at radius 3 is 2.75 bits per heavy atom. The molecule has 4 heteroatoms. The SMILES string of the molecule is COc1ccc(C)cc1CNc1cc(C#N)ccc1Cl. The molecule has 0 amide bonds. The summed E-state index contributed by atoms with van der Waals surface area (Å²) in [5.74, 6) is 0.829. The maximum atomic E-state index is 8.92. The average Bonchev–Trinajstić information content (AvgIpc) is 2.46. The molecule has 2 aromatic rings. The molecule has 102 valence electrons. The van der Waals surface area contributed by atoms with E-state index in [-0.39, 0.29) is 0 Å². The van der Waals surface area contributed by atoms with Gasteiger partial charge in [0.05, 0.1) is 29.5 Å². The van der Waals surface area contributed by atoms with Crippen molar-refractivity contribution in [1.82, 2.24) is 0 Å². The largest absolute Gasteiger partial charge is 0.496 e. The van der Waals surface area contributed by atoms with E-state index in [2.05, 4.69) is 17.5 Å². The van der Waals surface area contributed by atoms with Gasteiger partial charge in [-0.05, 0) is 31.2 Å². The lowest BCUT2D eigenvalue weighted by molar-refractivity contribution is 0.410. The molecule has 20 heavy (non-hydrogen) atoms. The molecule has 2 rings (SSSR count). The number of benzene rings is 2. The van der Waals surface area contributed by atoms with E-state index < -0.39 is 0 Å². The number of rotatable bonds is 4. The van der Waals surface area contributed by atoms with Gasteiger partial charge in [-0.25, -0.2) is 0 Å². The van der Waals surface area contributed by atoms with E-state index >= 15 is 0 Å². The van der Waals surface area contributed by atoms with Crippen LogP contribution in [0, 0.1) is 18.3 Å². The van der Waals surface area contributed by atoms with Gasteiger partial charge in [0.25, 0.3) is 0 Å². The molecule has 0 unspecified atom stereocenters. The van der Waals surface area contributed by atoms with Crippen LogP contribution in [0.15, 0.2) is 36.4 Å². The summed E-state index contributed by atoms with van der Waals surface area (Å²) in [7, 11) is 1.65. The van der Waals surface area contributed by atoms with E-state index in [0.29, 0.717) is 17.1 Å². The van der Waals surface area contributed by atoms with Crippen LogP contribution in [0.5, 0.6) is 5.75 Å². The maximum Gasteiger partial charge on any atom is 0.123 e. The van der Waals surface area contributed by atoms with Gasteiger partial charge in [-0.15, -0.1) is 0 Å². The van der Waals surface area contributed by atoms with Gasteiger partial charge in [0.15, 0.2) is 0 Å². The predicted molar refractivity (Wildman–Crippen MR) is 81.2 cm³/mol. The Labute approximate surface area is 123 Å². The van der Waals surface area contributed by atoms with Gasteiger partial charge < -0.3 is 10.1 Å². The Bertz CT molecular complexity index is 660. The first kappa shape index (κ1) is 14.2. The molecule has 0 spiro atoms. The van der Waals surface area contributed by atoms with E-state index in [4.69, 9.17) is 21.6 Å². The molecule has 3 nitrogen and oxygen atoms in total. The minimum absolute atomic E-state index is 0.577. The van der Waals surface area contributed by atoms with Crippen molar-refractivity contribution in [1.29, 1.82) is 5.26 Å². The van der Waals surface area contributed by atoms with Gasteiger partial charge in [-0.1, -0.05) is 29.3 Å². The summed E-state index contributed by atoms with van der Waals surface area (Å²) in [5.41, 5.74) is 3.53. The molecule has 0 fully saturated rings. The maximum absolute atomic E-state index is 8.92. The quantitative estimate of drug-likeness (QED) is 0.919. The molecule has 2 aromatic carbocycles. The zero-order valence-electron chi connectivity index (χ0n) is 11.4. The second-order valence-corrected chi connectivity index (χ2v) is 4.88. The number of anilines is 1. The second kappa shape index (κ2) is 6.31. The highest BCUT2D eigenvalue weighted by Crippen LogP contribution is 2.25. The standard InChI is InChI=1S/C16H15ClN2O/c1-11-3-6-16(20-2)13(7-11)10-19-15-8-12(9-18)4-5-14(15)17/h3-8,19H,10H2,1-2H3. The Morgan fingerprint density at radius 1 is 1.25 bits per heavy atom. The van der Waals surface area contributed by atoms with Crippen molar-refractivity contribution in [3.8, 4) is 11.8 Å². The van der Waals surface area contributed by atoms with Crippen molar-refractivity contribution in [3.63, 3.8) is 0 Å². The van der Waals surface area contributed by atoms with Crippen molar-refractivity contribution in [3.05, 3.63) is 58.1 Å². The monoisotopic (exact) mass is 286 g/mol. The van der Waals surface area contributed by atoms with Crippen LogP contribution in [0.3, 0.4) is 0 Å². The van der Waals surface area contributed by atoms with E-state index in [1.165, 1.54) is 5.56 Å². The van der Waals surface area contributed by atoms with Gasteiger partial charge in [-0.3, -0.25) is 0 Å². The summed E-state index contributed by atoms with van der Waals surface area (Å²) in [6.45, 7) is 2.62. The second-order valence-electron chi connectivity index (χ2n) is 4.48. The van der Waals surface area contributed by atoms with Crippen LogP contribution in [0.2, 0.25) is 5.02 Å². The molecule has 0 bridgehead atoms. The number of ether oxygens (including phenoxy) is 1. The third-order valence-corrected chi connectivity index (χ3v) is 3.33. The lowest BCUT2D eigenvalue weighted by Gasteiger charge is -2.12. The Morgan fingerprint density at radius 2 is 2.05 bits per heavy atom. The summed E-state index contributed by atoms with van der Waals surface area (Å²) < 4.78 is 5.34. The Balaban J connectivity index is 2.21. The number of nitriles is 1. The summed E-state index contributed by atoms with van der Waals surface area (Å²) in [5, 5.41) is 12.8. The van der Waals surface area contributed by atoms with Gasteiger partial charge in [0.1, 0.15) is 5.75 Å². The highest BCUT2D eigenvalue weighted by atomic mass is 35.5. The minimum Gasteiger partial charge on any atom is -0.496 e. The molecule has 0 aliphatic carbocycles. The van der Waals surface area contributed by atoms with E-state index in [0.717, 1.165) is 17.0 Å². The highest BCUT2D eigenvalue weighted by Gasteiger charge is 2.06. The van der Waals surface area contributed by atoms with E-state index in [1.807, 2.05) is 19.1 Å². The fraction of sp³-hybridized carbons (Fsp3) is 0.188. The molecule has 0 saturated heterocycles. The first-order valence-corrected chi connectivity index (χ1v) is 6.59. The first-order chi connectivity index (χ1) is 9.63. The summed E-state index contributed by atoms with van der Waals surface area (Å²) in [6.07, 6.45) is 0. The van der Waals surface area contributed by atoms with Crippen LogP contribution in [0.4, 0.5) is 5.69 Å². The summed E-state index contributed by atoms with van der Waals surface area (Å²) in [4.78, 5) is 0. The van der Waals surface area contributed by atoms with E-state index in [1.54, 1.807) is 25.3 Å². The molecule has 0 aromatic heterocycles. The van der Waals surface area contributed by atoms with Gasteiger partial charge in [-0.2, -0.15) is 5.26 Å². The van der Waals surface area contributed by atoms with Gasteiger partial charge in [0.2, 0.25) is 0 Å². The van der Waals surface area contributed by atoms with Gasteiger partial charge >= 0.3 is 0 Å². The first-order valence-electron chi connectivity index (χ1n) is 6.21. The normalized spacial score (nSPS) is 9.90. The summed E-state index contributed by atoms with van der Waals surface area (Å²) >= 11 is 6.12. The fourth-order valence-electron chi connectivity index (χ4n) is 1.97. The third kappa shape index (κ3) is 3.23. The molecular weight excluding hydrogens is 272 g/mol. The van der Waals surface area contributed by atoms with E-state index in [9.17, 15) is 0 Å². The molecule has 0 radical (unpaired) electrons. The summed E-state index contributed by atoms with van der Waals surface area (Å²) in [6, 6.07) is 13.3. The van der Waals surface area contributed by atoms with Crippen LogP contribution < -0.4 is 10.1 Å². The number of aryl methyl sites for hydroxylation is 1. The Kier molecular flexibility index (Phi) is 4.49. The van der Waals surface area contributed by atoms with Crippen molar-refractivity contribution in [2.45, 2.75) is 13.5 Å². The van der Waals surface area contributed by atoms with Crippen molar-refractivity contribution in [2.75, 3.05) is 12.4 Å². The molecule has 1 N–H and O–H groups in total. The smallest absolute Gasteiger partial charge is 0.123 e. The van der Waals surface area contributed by atoms with Crippen LogP contribution >= 0.6 is 11.6 Å². The van der Waals surface area contributed by atoms with Crippen molar-refractivity contribution >= 4 is 17.3 Å². The van der Waals surface area contributed by atoms with Crippen molar-refractivity contribution in [2.24, 2.45) is 0 Å². The number of hydrogen-bond donors (Lipinski definition) is 1. The topological polar surface area (TPSA) is 45.0 Å². The predicted octanol–water partition coefficient (Wildman–Crippen LogP) is 4.14. The molecule has 0 heterocycles. The zero-order chi connectivity index (χ0) is 14.5. The molecule has 0 aliphatic heterocycles. The third-order valence-electron chi connectivity index (χ3n) is 3.00. The minimum atomic E-state index is 0.577. The molecule has 0 atom stereocenters. The number of nitrogens with one attached hydrogen (secondary N) is 1. The number of halogens is 1. The van der Waals surface area contributed by atoms with Crippen LogP contribution in [0.1, 0.15) is 16.7 Å².